The van der Waals surface area contributed by atoms with E-state index >= 15 is 0 Å². The highest BCUT2D eigenvalue weighted by Crippen LogP contribution is 2.23. The third kappa shape index (κ3) is 4.13. The Morgan fingerprint density at radius 2 is 2.24 bits per heavy atom. The number of nitrogens with one attached hydrogen (secondary N) is 1. The lowest BCUT2D eigenvalue weighted by molar-refractivity contribution is 0.281. The van der Waals surface area contributed by atoms with E-state index in [-0.39, 0.29) is 17.5 Å². The molecule has 114 valence electrons. The molecule has 0 aliphatic rings. The van der Waals surface area contributed by atoms with Crippen molar-refractivity contribution in [3.63, 3.8) is 0 Å². The predicted molar refractivity (Wildman–Crippen MR) is 82.1 cm³/mol. The quantitative estimate of drug-likeness (QED) is 0.803. The molecule has 0 bridgehead atoms. The van der Waals surface area contributed by atoms with E-state index in [1.165, 1.54) is 6.07 Å². The van der Waals surface area contributed by atoms with E-state index in [2.05, 4.69) is 25.8 Å². The molecule has 1 unspecified atom stereocenters. The standard InChI is InChI=1S/C13H16BrN3O3S/c1-10(8-17-6-2-5-15-17)16-21(19,20)13-4-3-11(9-18)7-12(13)14/h2-7,10,16,18H,8-9H2,1H3. The summed E-state index contributed by atoms with van der Waals surface area (Å²) in [6.07, 6.45) is 3.42. The number of nitrogens with zero attached hydrogens (tertiary/aromatic N) is 2. The van der Waals surface area contributed by atoms with Crippen molar-refractivity contribution >= 4 is 26.0 Å². The summed E-state index contributed by atoms with van der Waals surface area (Å²) in [5, 5.41) is 13.1. The molecule has 1 heterocycles. The van der Waals surface area contributed by atoms with Crippen molar-refractivity contribution in [1.29, 1.82) is 0 Å². The Balaban J connectivity index is 2.14. The summed E-state index contributed by atoms with van der Waals surface area (Å²) in [4.78, 5) is 0.145. The fraction of sp³-hybridized carbons (Fsp3) is 0.308. The second-order valence-electron chi connectivity index (χ2n) is 4.67. The zero-order valence-electron chi connectivity index (χ0n) is 11.4. The van der Waals surface area contributed by atoms with Gasteiger partial charge in [-0.05, 0) is 46.6 Å². The van der Waals surface area contributed by atoms with Crippen molar-refractivity contribution < 1.29 is 13.5 Å². The summed E-state index contributed by atoms with van der Waals surface area (Å²) in [7, 11) is -3.64. The van der Waals surface area contributed by atoms with E-state index in [0.29, 0.717) is 16.6 Å². The van der Waals surface area contributed by atoms with Crippen LogP contribution in [0.2, 0.25) is 0 Å². The zero-order chi connectivity index (χ0) is 15.5. The summed E-state index contributed by atoms with van der Waals surface area (Å²) in [5.74, 6) is 0. The third-order valence-electron chi connectivity index (χ3n) is 2.84. The van der Waals surface area contributed by atoms with Crippen LogP contribution in [0, 0.1) is 0 Å². The monoisotopic (exact) mass is 373 g/mol. The topological polar surface area (TPSA) is 84.2 Å². The van der Waals surface area contributed by atoms with Crippen LogP contribution in [0.4, 0.5) is 0 Å². The van der Waals surface area contributed by atoms with Crippen molar-refractivity contribution in [1.82, 2.24) is 14.5 Å². The number of aliphatic hydroxyl groups is 1. The minimum absolute atomic E-state index is 0.137. The van der Waals surface area contributed by atoms with Crippen molar-refractivity contribution in [2.75, 3.05) is 0 Å². The molecule has 0 aliphatic heterocycles. The Kier molecular flexibility index (Phi) is 5.15. The highest BCUT2D eigenvalue weighted by molar-refractivity contribution is 9.10. The van der Waals surface area contributed by atoms with Crippen LogP contribution < -0.4 is 4.72 Å². The van der Waals surface area contributed by atoms with Crippen LogP contribution in [0.25, 0.3) is 0 Å². The van der Waals surface area contributed by atoms with E-state index in [4.69, 9.17) is 5.11 Å². The number of benzene rings is 1. The lowest BCUT2D eigenvalue weighted by Gasteiger charge is -2.15. The van der Waals surface area contributed by atoms with Crippen molar-refractivity contribution in [2.24, 2.45) is 0 Å². The molecule has 1 atom stereocenters. The van der Waals surface area contributed by atoms with Gasteiger partial charge in [-0.25, -0.2) is 13.1 Å². The van der Waals surface area contributed by atoms with Gasteiger partial charge in [0.05, 0.1) is 18.0 Å². The molecule has 0 spiro atoms. The Morgan fingerprint density at radius 3 is 2.81 bits per heavy atom. The number of halogens is 1. The maximum absolute atomic E-state index is 12.4. The van der Waals surface area contributed by atoms with Crippen LogP contribution >= 0.6 is 15.9 Å². The fourth-order valence-electron chi connectivity index (χ4n) is 1.92. The normalized spacial score (nSPS) is 13.3. The Labute approximate surface area is 132 Å². The molecule has 1 aromatic carbocycles. The number of hydrogen-bond acceptors (Lipinski definition) is 4. The van der Waals surface area contributed by atoms with Gasteiger partial charge in [0.1, 0.15) is 0 Å². The number of sulfonamides is 1. The smallest absolute Gasteiger partial charge is 0.241 e. The van der Waals surface area contributed by atoms with Gasteiger partial charge in [-0.2, -0.15) is 5.10 Å². The molecule has 0 saturated heterocycles. The van der Waals surface area contributed by atoms with Gasteiger partial charge in [-0.1, -0.05) is 6.07 Å². The molecule has 0 fully saturated rings. The van der Waals surface area contributed by atoms with Gasteiger partial charge in [0.25, 0.3) is 0 Å². The molecule has 1 aromatic heterocycles. The number of hydrogen-bond donors (Lipinski definition) is 2. The van der Waals surface area contributed by atoms with Crippen LogP contribution in [-0.2, 0) is 23.2 Å². The molecule has 2 aromatic rings. The molecule has 6 nitrogen and oxygen atoms in total. The molecule has 2 N–H and O–H groups in total. The van der Waals surface area contributed by atoms with E-state index in [1.807, 2.05) is 0 Å². The lowest BCUT2D eigenvalue weighted by Crippen LogP contribution is -2.36. The number of aromatic nitrogens is 2. The van der Waals surface area contributed by atoms with E-state index in [0.717, 1.165) is 0 Å². The maximum atomic E-state index is 12.4. The SMILES string of the molecule is CC(Cn1cccn1)NS(=O)(=O)c1ccc(CO)cc1Br. The van der Waals surface area contributed by atoms with E-state index in [1.54, 1.807) is 42.2 Å². The molecular formula is C13H16BrN3O3S. The molecule has 2 rings (SSSR count). The average molecular weight is 374 g/mol. The van der Waals surface area contributed by atoms with Gasteiger partial charge in [-0.15, -0.1) is 0 Å². The summed E-state index contributed by atoms with van der Waals surface area (Å²) in [6, 6.07) is 6.12. The highest BCUT2D eigenvalue weighted by Gasteiger charge is 2.20. The first kappa shape index (κ1) is 16.2. The predicted octanol–water partition coefficient (Wildman–Crippen LogP) is 1.50. The van der Waals surface area contributed by atoms with Crippen molar-refractivity contribution in [3.8, 4) is 0 Å². The van der Waals surface area contributed by atoms with Crippen LogP contribution in [0.1, 0.15) is 12.5 Å². The second-order valence-corrected chi connectivity index (χ2v) is 7.21. The minimum Gasteiger partial charge on any atom is -0.392 e. The van der Waals surface area contributed by atoms with Gasteiger partial charge in [0, 0.05) is 22.9 Å². The number of rotatable bonds is 6. The molecule has 8 heteroatoms. The summed E-state index contributed by atoms with van der Waals surface area (Å²) < 4.78 is 29.4. The molecule has 0 amide bonds. The van der Waals surface area contributed by atoms with Crippen molar-refractivity contribution in [3.05, 3.63) is 46.7 Å². The van der Waals surface area contributed by atoms with Crippen LogP contribution in [0.15, 0.2) is 46.0 Å². The minimum atomic E-state index is -3.64. The van der Waals surface area contributed by atoms with E-state index < -0.39 is 10.0 Å². The summed E-state index contributed by atoms with van der Waals surface area (Å²) >= 11 is 3.23. The molecule has 21 heavy (non-hydrogen) atoms. The first-order valence-electron chi connectivity index (χ1n) is 6.31. The summed E-state index contributed by atoms with van der Waals surface area (Å²) in [5.41, 5.74) is 0.644. The van der Waals surface area contributed by atoms with Gasteiger partial charge in [0.15, 0.2) is 0 Å². The molecular weight excluding hydrogens is 358 g/mol. The first-order valence-corrected chi connectivity index (χ1v) is 8.59. The second kappa shape index (κ2) is 6.69. The average Bonchev–Trinajstić information content (AvgIpc) is 2.90. The third-order valence-corrected chi connectivity index (χ3v) is 5.41. The van der Waals surface area contributed by atoms with Crippen LogP contribution in [-0.4, -0.2) is 29.3 Å². The highest BCUT2D eigenvalue weighted by atomic mass is 79.9. The summed E-state index contributed by atoms with van der Waals surface area (Å²) in [6.45, 7) is 2.08. The largest absolute Gasteiger partial charge is 0.392 e. The zero-order valence-corrected chi connectivity index (χ0v) is 13.8. The van der Waals surface area contributed by atoms with E-state index in [9.17, 15) is 8.42 Å². The maximum Gasteiger partial charge on any atom is 0.241 e. The first-order chi connectivity index (χ1) is 9.92. The van der Waals surface area contributed by atoms with Gasteiger partial charge in [0.2, 0.25) is 10.0 Å². The Hall–Kier alpha value is -1.22. The molecule has 0 aliphatic carbocycles. The van der Waals surface area contributed by atoms with Crippen LogP contribution in [0.5, 0.6) is 0 Å². The molecule has 0 radical (unpaired) electrons. The van der Waals surface area contributed by atoms with Crippen molar-refractivity contribution in [2.45, 2.75) is 31.0 Å². The van der Waals surface area contributed by atoms with Crippen LogP contribution in [0.3, 0.4) is 0 Å². The van der Waals surface area contributed by atoms with Gasteiger partial charge >= 0.3 is 0 Å². The van der Waals surface area contributed by atoms with Gasteiger partial charge in [-0.3, -0.25) is 4.68 Å². The number of aliphatic hydroxyl groups excluding tert-OH is 1. The van der Waals surface area contributed by atoms with Gasteiger partial charge < -0.3 is 5.11 Å². The Bertz CT molecular complexity index is 701. The fourth-order valence-corrected chi connectivity index (χ4v) is 4.27. The molecule has 0 saturated carbocycles. The lowest BCUT2D eigenvalue weighted by atomic mass is 10.2. The Morgan fingerprint density at radius 1 is 1.48 bits per heavy atom.